The molecule has 1 amide bonds. The number of ether oxygens (including phenoxy) is 1. The Kier molecular flexibility index (Phi) is 8.34. The second-order valence-electron chi connectivity index (χ2n) is 6.37. The topological polar surface area (TPSA) is 75.7 Å². The van der Waals surface area contributed by atoms with E-state index in [1.165, 1.54) is 22.9 Å². The summed E-state index contributed by atoms with van der Waals surface area (Å²) in [6, 6.07) is 4.56. The van der Waals surface area contributed by atoms with Crippen LogP contribution in [0.5, 0.6) is 0 Å². The molecule has 0 atom stereocenters. The lowest BCUT2D eigenvalue weighted by atomic mass is 10.1. The summed E-state index contributed by atoms with van der Waals surface area (Å²) in [6.07, 6.45) is 5.76. The van der Waals surface area contributed by atoms with Crippen molar-refractivity contribution in [3.63, 3.8) is 0 Å². The number of rotatable bonds is 9. The van der Waals surface area contributed by atoms with Crippen molar-refractivity contribution in [2.75, 3.05) is 31.6 Å². The Morgan fingerprint density at radius 3 is 2.58 bits per heavy atom. The monoisotopic (exact) mass is 402 g/mol. The Hall–Kier alpha value is -1.15. The largest absolute Gasteiger partial charge is 0.379 e. The smallest absolute Gasteiger partial charge is 0.244 e. The summed E-state index contributed by atoms with van der Waals surface area (Å²) in [6.45, 7) is 3.48. The zero-order valence-corrected chi connectivity index (χ0v) is 16.7. The number of hydrogen-bond donors (Lipinski definition) is 1. The Bertz CT molecular complexity index is 703. The summed E-state index contributed by atoms with van der Waals surface area (Å²) in [4.78, 5) is 12.1. The summed E-state index contributed by atoms with van der Waals surface area (Å²) in [5.41, 5.74) is 0.444. The molecule has 2 rings (SSSR count). The number of amides is 1. The van der Waals surface area contributed by atoms with Gasteiger partial charge in [0, 0.05) is 25.2 Å². The molecular formula is C18H27ClN2O4S. The van der Waals surface area contributed by atoms with Gasteiger partial charge >= 0.3 is 0 Å². The van der Waals surface area contributed by atoms with Crippen molar-refractivity contribution in [1.29, 1.82) is 0 Å². The number of hydrogen-bond acceptors (Lipinski definition) is 4. The highest BCUT2D eigenvalue weighted by Crippen LogP contribution is 2.28. The third kappa shape index (κ3) is 5.94. The Labute approximate surface area is 160 Å². The lowest BCUT2D eigenvalue weighted by molar-refractivity contribution is -0.116. The SMILES string of the molecule is CCCCCCCC(=O)Nc1ccc(Cl)c(S(=O)(=O)N2CCOCC2)c1. The first-order valence-electron chi connectivity index (χ1n) is 9.12. The molecule has 0 saturated carbocycles. The first-order valence-corrected chi connectivity index (χ1v) is 10.9. The van der Waals surface area contributed by atoms with Gasteiger partial charge in [-0.25, -0.2) is 8.42 Å². The average molecular weight is 403 g/mol. The zero-order chi connectivity index (χ0) is 19.0. The van der Waals surface area contributed by atoms with Gasteiger partial charge in [-0.1, -0.05) is 44.2 Å². The Morgan fingerprint density at radius 2 is 1.88 bits per heavy atom. The van der Waals surface area contributed by atoms with Gasteiger partial charge in [0.25, 0.3) is 0 Å². The minimum atomic E-state index is -3.71. The summed E-state index contributed by atoms with van der Waals surface area (Å²) >= 11 is 6.12. The van der Waals surface area contributed by atoms with E-state index in [0.717, 1.165) is 25.7 Å². The highest BCUT2D eigenvalue weighted by molar-refractivity contribution is 7.89. The van der Waals surface area contributed by atoms with Crippen molar-refractivity contribution >= 4 is 33.2 Å². The van der Waals surface area contributed by atoms with Crippen LogP contribution in [-0.4, -0.2) is 44.9 Å². The van der Waals surface area contributed by atoms with Crippen LogP contribution in [0.1, 0.15) is 45.4 Å². The molecular weight excluding hydrogens is 376 g/mol. The van der Waals surface area contributed by atoms with E-state index in [-0.39, 0.29) is 15.8 Å². The van der Waals surface area contributed by atoms with Gasteiger partial charge in [-0.05, 0) is 24.6 Å². The maximum Gasteiger partial charge on any atom is 0.244 e. The highest BCUT2D eigenvalue weighted by Gasteiger charge is 2.28. The second kappa shape index (κ2) is 10.3. The maximum absolute atomic E-state index is 12.8. The fraction of sp³-hybridized carbons (Fsp3) is 0.611. The third-order valence-corrected chi connectivity index (χ3v) is 6.69. The first kappa shape index (κ1) is 21.2. The van der Waals surface area contributed by atoms with Crippen LogP contribution >= 0.6 is 11.6 Å². The molecule has 0 bridgehead atoms. The lowest BCUT2D eigenvalue weighted by Crippen LogP contribution is -2.40. The van der Waals surface area contributed by atoms with Gasteiger partial charge in [0.05, 0.1) is 18.2 Å². The van der Waals surface area contributed by atoms with Gasteiger partial charge in [-0.15, -0.1) is 0 Å². The average Bonchev–Trinajstić information content (AvgIpc) is 2.64. The minimum Gasteiger partial charge on any atom is -0.379 e. The molecule has 26 heavy (non-hydrogen) atoms. The molecule has 0 spiro atoms. The highest BCUT2D eigenvalue weighted by atomic mass is 35.5. The quantitative estimate of drug-likeness (QED) is 0.639. The molecule has 0 unspecified atom stereocenters. The van der Waals surface area contributed by atoms with E-state index in [0.29, 0.717) is 38.4 Å². The second-order valence-corrected chi connectivity index (χ2v) is 8.69. The van der Waals surface area contributed by atoms with Crippen molar-refractivity contribution in [3.8, 4) is 0 Å². The predicted molar refractivity (Wildman–Crippen MR) is 103 cm³/mol. The molecule has 0 aliphatic carbocycles. The van der Waals surface area contributed by atoms with Gasteiger partial charge in [-0.2, -0.15) is 4.31 Å². The summed E-state index contributed by atoms with van der Waals surface area (Å²) in [5.74, 6) is -0.112. The van der Waals surface area contributed by atoms with Gasteiger partial charge < -0.3 is 10.1 Å². The van der Waals surface area contributed by atoms with Crippen LogP contribution in [0.3, 0.4) is 0 Å². The first-order chi connectivity index (χ1) is 12.4. The van der Waals surface area contributed by atoms with Crippen LogP contribution in [0.2, 0.25) is 5.02 Å². The molecule has 1 saturated heterocycles. The van der Waals surface area contributed by atoms with Crippen molar-refractivity contribution < 1.29 is 17.9 Å². The number of carbonyl (C=O) groups is 1. The normalized spacial score (nSPS) is 15.8. The Morgan fingerprint density at radius 1 is 1.19 bits per heavy atom. The molecule has 1 heterocycles. The molecule has 1 aliphatic heterocycles. The molecule has 146 valence electrons. The van der Waals surface area contributed by atoms with Crippen LogP contribution in [0.25, 0.3) is 0 Å². The van der Waals surface area contributed by atoms with E-state index in [4.69, 9.17) is 16.3 Å². The third-order valence-electron chi connectivity index (χ3n) is 4.31. The number of morpholine rings is 1. The number of nitrogens with zero attached hydrogens (tertiary/aromatic N) is 1. The summed E-state index contributed by atoms with van der Waals surface area (Å²) in [5, 5.41) is 2.92. The van der Waals surface area contributed by atoms with E-state index in [1.807, 2.05) is 0 Å². The van der Waals surface area contributed by atoms with E-state index in [1.54, 1.807) is 6.07 Å². The molecule has 1 aliphatic rings. The minimum absolute atomic E-state index is 0.0156. The molecule has 0 aromatic heterocycles. The van der Waals surface area contributed by atoms with Crippen molar-refractivity contribution in [3.05, 3.63) is 23.2 Å². The summed E-state index contributed by atoms with van der Waals surface area (Å²) in [7, 11) is -3.71. The Balaban J connectivity index is 2.01. The molecule has 8 heteroatoms. The van der Waals surface area contributed by atoms with Crippen LogP contribution in [0, 0.1) is 0 Å². The van der Waals surface area contributed by atoms with Crippen LogP contribution in [-0.2, 0) is 19.6 Å². The number of carbonyl (C=O) groups excluding carboxylic acids is 1. The van der Waals surface area contributed by atoms with Crippen LogP contribution < -0.4 is 5.32 Å². The lowest BCUT2D eigenvalue weighted by Gasteiger charge is -2.26. The molecule has 6 nitrogen and oxygen atoms in total. The summed E-state index contributed by atoms with van der Waals surface area (Å²) < 4.78 is 32.1. The zero-order valence-electron chi connectivity index (χ0n) is 15.2. The van der Waals surface area contributed by atoms with Crippen molar-refractivity contribution in [2.24, 2.45) is 0 Å². The fourth-order valence-corrected chi connectivity index (χ4v) is 4.73. The molecule has 0 radical (unpaired) electrons. The van der Waals surface area contributed by atoms with Gasteiger partial charge in [0.1, 0.15) is 4.90 Å². The number of halogens is 1. The maximum atomic E-state index is 12.8. The standard InChI is InChI=1S/C18H27ClN2O4S/c1-2-3-4-5-6-7-18(22)20-15-8-9-16(19)17(14-15)26(23,24)21-10-12-25-13-11-21/h8-9,14H,2-7,10-13H2,1H3,(H,20,22). The van der Waals surface area contributed by atoms with Crippen molar-refractivity contribution in [2.45, 2.75) is 50.3 Å². The fourth-order valence-electron chi connectivity index (χ4n) is 2.82. The molecule has 1 N–H and O–H groups in total. The number of nitrogens with one attached hydrogen (secondary N) is 1. The number of unbranched alkanes of at least 4 members (excludes halogenated alkanes) is 4. The van der Waals surface area contributed by atoms with Gasteiger partial charge in [0.15, 0.2) is 0 Å². The van der Waals surface area contributed by atoms with Crippen LogP contribution in [0.4, 0.5) is 5.69 Å². The van der Waals surface area contributed by atoms with Gasteiger partial charge in [-0.3, -0.25) is 4.79 Å². The molecule has 1 fully saturated rings. The van der Waals surface area contributed by atoms with E-state index >= 15 is 0 Å². The predicted octanol–water partition coefficient (Wildman–Crippen LogP) is 3.66. The molecule has 1 aromatic carbocycles. The molecule has 1 aromatic rings. The number of sulfonamides is 1. The van der Waals surface area contributed by atoms with Crippen molar-refractivity contribution in [1.82, 2.24) is 4.31 Å². The van der Waals surface area contributed by atoms with E-state index in [2.05, 4.69) is 12.2 Å². The van der Waals surface area contributed by atoms with Crippen LogP contribution in [0.15, 0.2) is 23.1 Å². The van der Waals surface area contributed by atoms with E-state index < -0.39 is 10.0 Å². The van der Waals surface area contributed by atoms with Gasteiger partial charge in [0.2, 0.25) is 15.9 Å². The number of anilines is 1. The van der Waals surface area contributed by atoms with E-state index in [9.17, 15) is 13.2 Å². The number of benzene rings is 1.